The van der Waals surface area contributed by atoms with E-state index in [0.29, 0.717) is 29.9 Å². The van der Waals surface area contributed by atoms with E-state index in [1.165, 1.54) is 16.9 Å². The van der Waals surface area contributed by atoms with Crippen LogP contribution in [0.2, 0.25) is 0 Å². The first kappa shape index (κ1) is 22.0. The topological polar surface area (TPSA) is 80.4 Å². The third kappa shape index (κ3) is 4.81. The number of aromatic nitrogens is 2. The summed E-state index contributed by atoms with van der Waals surface area (Å²) in [6.45, 7) is 5.21. The molecule has 0 radical (unpaired) electrons. The molecule has 2 aromatic heterocycles. The zero-order valence-electron chi connectivity index (χ0n) is 18.6. The van der Waals surface area contributed by atoms with Gasteiger partial charge in [0.15, 0.2) is 5.58 Å². The quantitative estimate of drug-likeness (QED) is 0.459. The van der Waals surface area contributed by atoms with Crippen LogP contribution in [0.3, 0.4) is 0 Å². The predicted molar refractivity (Wildman–Crippen MR) is 128 cm³/mol. The maximum Gasteiger partial charge on any atom is 0.419 e. The fraction of sp³-hybridized carbons (Fsp3) is 0.292. The molecule has 0 fully saturated rings. The highest BCUT2D eigenvalue weighted by Gasteiger charge is 2.16. The van der Waals surface area contributed by atoms with Crippen LogP contribution in [0.5, 0.6) is 0 Å². The van der Waals surface area contributed by atoms with E-state index in [9.17, 15) is 9.59 Å². The van der Waals surface area contributed by atoms with E-state index < -0.39 is 5.76 Å². The molecule has 0 aliphatic carbocycles. The Kier molecular flexibility index (Phi) is 6.25. The summed E-state index contributed by atoms with van der Waals surface area (Å²) in [5, 5.41) is 3.88. The SMILES string of the molecule is Cc1ccc(-c2nc(C)sc2CC(=O)Nc2ccc3oc(=O)n(CCN(C)C)c3c2)cc1. The second kappa shape index (κ2) is 9.10. The van der Waals surface area contributed by atoms with Gasteiger partial charge >= 0.3 is 5.76 Å². The van der Waals surface area contributed by atoms with Crippen molar-refractivity contribution < 1.29 is 9.21 Å². The Morgan fingerprint density at radius 1 is 1.16 bits per heavy atom. The minimum Gasteiger partial charge on any atom is -0.408 e. The first-order chi connectivity index (χ1) is 15.3. The molecule has 1 amide bonds. The predicted octanol–water partition coefficient (Wildman–Crippen LogP) is 4.08. The molecule has 4 aromatic rings. The van der Waals surface area contributed by atoms with Crippen LogP contribution in [0.25, 0.3) is 22.4 Å². The Labute approximate surface area is 190 Å². The minimum absolute atomic E-state index is 0.132. The Balaban J connectivity index is 1.54. The average molecular weight is 451 g/mol. The van der Waals surface area contributed by atoms with Crippen LogP contribution in [0.15, 0.2) is 51.7 Å². The standard InChI is InChI=1S/C24H26N4O3S/c1-15-5-7-17(8-6-15)23-21(32-16(2)25-23)14-22(29)26-18-9-10-20-19(13-18)28(24(30)31-20)12-11-27(3)4/h5-10,13H,11-12,14H2,1-4H3,(H,26,29). The van der Waals surface area contributed by atoms with Gasteiger partial charge in [0.25, 0.3) is 0 Å². The monoisotopic (exact) mass is 450 g/mol. The van der Waals surface area contributed by atoms with Gasteiger partial charge in [-0.25, -0.2) is 9.78 Å². The lowest BCUT2D eigenvalue weighted by molar-refractivity contribution is -0.115. The molecular weight excluding hydrogens is 424 g/mol. The van der Waals surface area contributed by atoms with Crippen LogP contribution >= 0.6 is 11.3 Å². The maximum absolute atomic E-state index is 12.8. The maximum atomic E-state index is 12.8. The molecule has 0 saturated carbocycles. The number of amides is 1. The summed E-state index contributed by atoms with van der Waals surface area (Å²) in [6, 6.07) is 13.4. The van der Waals surface area contributed by atoms with Crippen molar-refractivity contribution in [1.29, 1.82) is 0 Å². The normalized spacial score (nSPS) is 11.4. The van der Waals surface area contributed by atoms with Crippen LogP contribution in [-0.2, 0) is 17.8 Å². The number of fused-ring (bicyclic) bond motifs is 1. The molecule has 2 heterocycles. The lowest BCUT2D eigenvalue weighted by Gasteiger charge is -2.10. The van der Waals surface area contributed by atoms with E-state index in [2.05, 4.69) is 10.3 Å². The van der Waals surface area contributed by atoms with Crippen molar-refractivity contribution in [2.75, 3.05) is 26.0 Å². The fourth-order valence-electron chi connectivity index (χ4n) is 3.53. The third-order valence-electron chi connectivity index (χ3n) is 5.17. The van der Waals surface area contributed by atoms with E-state index in [-0.39, 0.29) is 12.3 Å². The van der Waals surface area contributed by atoms with Crippen molar-refractivity contribution in [3.8, 4) is 11.3 Å². The number of likely N-dealkylation sites (N-methyl/N-ethyl adjacent to an activating group) is 1. The summed E-state index contributed by atoms with van der Waals surface area (Å²) in [4.78, 5) is 32.6. The van der Waals surface area contributed by atoms with Crippen molar-refractivity contribution in [1.82, 2.24) is 14.5 Å². The molecule has 0 saturated heterocycles. The summed E-state index contributed by atoms with van der Waals surface area (Å²) in [6.07, 6.45) is 0.228. The molecule has 0 aliphatic rings. The number of nitrogens with one attached hydrogen (secondary N) is 1. The lowest BCUT2D eigenvalue weighted by atomic mass is 10.1. The van der Waals surface area contributed by atoms with Crippen molar-refractivity contribution in [2.45, 2.75) is 26.8 Å². The van der Waals surface area contributed by atoms with Crippen LogP contribution in [0.4, 0.5) is 5.69 Å². The Morgan fingerprint density at radius 3 is 2.62 bits per heavy atom. The first-order valence-corrected chi connectivity index (χ1v) is 11.2. The zero-order chi connectivity index (χ0) is 22.8. The number of benzene rings is 2. The zero-order valence-corrected chi connectivity index (χ0v) is 19.5. The molecule has 4 rings (SSSR count). The molecule has 0 atom stereocenters. The summed E-state index contributed by atoms with van der Waals surface area (Å²) in [5.41, 5.74) is 4.84. The number of oxazole rings is 1. The number of carbonyl (C=O) groups is 1. The molecule has 2 aromatic carbocycles. The number of anilines is 1. The lowest BCUT2D eigenvalue weighted by Crippen LogP contribution is -2.23. The highest BCUT2D eigenvalue weighted by atomic mass is 32.1. The second-order valence-corrected chi connectivity index (χ2v) is 9.39. The van der Waals surface area contributed by atoms with Gasteiger partial charge in [-0.1, -0.05) is 29.8 Å². The molecule has 0 spiro atoms. The number of hydrogen-bond acceptors (Lipinski definition) is 6. The molecule has 32 heavy (non-hydrogen) atoms. The fourth-order valence-corrected chi connectivity index (χ4v) is 4.49. The number of hydrogen-bond donors (Lipinski definition) is 1. The van der Waals surface area contributed by atoms with Crippen molar-refractivity contribution in [2.24, 2.45) is 0 Å². The van der Waals surface area contributed by atoms with E-state index in [1.54, 1.807) is 22.8 Å². The molecule has 166 valence electrons. The van der Waals surface area contributed by atoms with Crippen LogP contribution in [-0.4, -0.2) is 41.0 Å². The number of nitrogens with zero attached hydrogens (tertiary/aromatic N) is 3. The van der Waals surface area contributed by atoms with Crippen LogP contribution in [0.1, 0.15) is 15.4 Å². The van der Waals surface area contributed by atoms with Gasteiger partial charge in [-0.15, -0.1) is 11.3 Å². The Bertz CT molecular complexity index is 1320. The Morgan fingerprint density at radius 2 is 1.91 bits per heavy atom. The number of thiazole rings is 1. The summed E-state index contributed by atoms with van der Waals surface area (Å²) >= 11 is 1.53. The van der Waals surface area contributed by atoms with Gasteiger partial charge in [0, 0.05) is 29.2 Å². The molecule has 1 N–H and O–H groups in total. The van der Waals surface area contributed by atoms with E-state index in [1.807, 2.05) is 57.1 Å². The van der Waals surface area contributed by atoms with Crippen LogP contribution in [0, 0.1) is 13.8 Å². The average Bonchev–Trinajstić information content (AvgIpc) is 3.25. The molecule has 7 nitrogen and oxygen atoms in total. The van der Waals surface area contributed by atoms with Gasteiger partial charge in [-0.05, 0) is 46.1 Å². The van der Waals surface area contributed by atoms with Gasteiger partial charge in [-0.2, -0.15) is 0 Å². The van der Waals surface area contributed by atoms with Gasteiger partial charge in [-0.3, -0.25) is 9.36 Å². The summed E-state index contributed by atoms with van der Waals surface area (Å²) < 4.78 is 6.92. The van der Waals surface area contributed by atoms with Crippen molar-refractivity contribution in [3.05, 3.63) is 68.5 Å². The molecular formula is C24H26N4O3S. The van der Waals surface area contributed by atoms with E-state index >= 15 is 0 Å². The number of aryl methyl sites for hydroxylation is 2. The highest BCUT2D eigenvalue weighted by Crippen LogP contribution is 2.29. The van der Waals surface area contributed by atoms with Crippen molar-refractivity contribution >= 4 is 34.0 Å². The van der Waals surface area contributed by atoms with E-state index in [4.69, 9.17) is 4.42 Å². The first-order valence-electron chi connectivity index (χ1n) is 10.4. The van der Waals surface area contributed by atoms with Gasteiger partial charge in [0.05, 0.1) is 22.6 Å². The largest absolute Gasteiger partial charge is 0.419 e. The van der Waals surface area contributed by atoms with Gasteiger partial charge in [0.1, 0.15) is 0 Å². The Hall–Kier alpha value is -3.23. The third-order valence-corrected chi connectivity index (χ3v) is 6.14. The summed E-state index contributed by atoms with van der Waals surface area (Å²) in [7, 11) is 3.90. The number of rotatable bonds is 7. The highest BCUT2D eigenvalue weighted by molar-refractivity contribution is 7.12. The van der Waals surface area contributed by atoms with Crippen LogP contribution < -0.4 is 11.1 Å². The number of carbonyl (C=O) groups excluding carboxylic acids is 1. The summed E-state index contributed by atoms with van der Waals surface area (Å²) in [5.74, 6) is -0.528. The van der Waals surface area contributed by atoms with Gasteiger partial charge < -0.3 is 14.6 Å². The molecule has 0 bridgehead atoms. The van der Waals surface area contributed by atoms with Crippen molar-refractivity contribution in [3.63, 3.8) is 0 Å². The molecule has 8 heteroatoms. The van der Waals surface area contributed by atoms with Gasteiger partial charge in [0.2, 0.25) is 5.91 Å². The molecule has 0 unspecified atom stereocenters. The second-order valence-electron chi connectivity index (χ2n) is 8.10. The molecule has 0 aliphatic heterocycles. The van der Waals surface area contributed by atoms with E-state index in [0.717, 1.165) is 21.1 Å². The smallest absolute Gasteiger partial charge is 0.408 e. The minimum atomic E-state index is -0.395.